The van der Waals surface area contributed by atoms with E-state index in [1.165, 1.54) is 33.4 Å². The van der Waals surface area contributed by atoms with Crippen molar-refractivity contribution in [3.63, 3.8) is 0 Å². The third-order valence-electron chi connectivity index (χ3n) is 6.73. The Kier molecular flexibility index (Phi) is 6.55. The molecule has 0 fully saturated rings. The van der Waals surface area contributed by atoms with Crippen LogP contribution in [0.25, 0.3) is 22.5 Å². The van der Waals surface area contributed by atoms with Crippen LogP contribution in [-0.2, 0) is 10.8 Å². The first kappa shape index (κ1) is 24.7. The third-order valence-corrected chi connectivity index (χ3v) is 6.94. The van der Waals surface area contributed by atoms with Crippen LogP contribution in [0.15, 0.2) is 79.0 Å². The first-order valence-corrected chi connectivity index (χ1v) is 11.0. The summed E-state index contributed by atoms with van der Waals surface area (Å²) >= 11 is 5.97. The van der Waals surface area contributed by atoms with Gasteiger partial charge in [0.2, 0.25) is 0 Å². The largest absolute Gasteiger partial charge is 0.256 e. The van der Waals surface area contributed by atoms with Gasteiger partial charge in [-0.25, -0.2) is 4.98 Å². The van der Waals surface area contributed by atoms with Crippen molar-refractivity contribution in [2.75, 3.05) is 0 Å². The fourth-order valence-electron chi connectivity index (χ4n) is 5.03. The lowest BCUT2D eigenvalue weighted by molar-refractivity contribution is 0.659. The molecule has 0 aliphatic heterocycles. The Labute approximate surface area is 203 Å². The number of halogens is 1. The molecule has 2 aliphatic rings. The summed E-state index contributed by atoms with van der Waals surface area (Å²) in [4.78, 5) is 8.95. The summed E-state index contributed by atoms with van der Waals surface area (Å²) < 4.78 is 0. The average molecular weight is 457 g/mol. The highest BCUT2D eigenvalue weighted by Crippen LogP contribution is 2.48. The molecule has 2 aromatic carbocycles. The van der Waals surface area contributed by atoms with Crippen LogP contribution in [0, 0.1) is 0 Å². The van der Waals surface area contributed by atoms with E-state index in [0.29, 0.717) is 5.15 Å². The highest BCUT2D eigenvalue weighted by molar-refractivity contribution is 6.29. The van der Waals surface area contributed by atoms with Crippen LogP contribution in [0.5, 0.6) is 0 Å². The van der Waals surface area contributed by atoms with Crippen LogP contribution in [-0.4, -0.2) is 9.97 Å². The molecule has 0 bridgehead atoms. The molecule has 0 radical (unpaired) electrons. The number of nitrogens with zero attached hydrogens (tertiary/aromatic N) is 2. The van der Waals surface area contributed by atoms with Gasteiger partial charge in [0.15, 0.2) is 0 Å². The van der Waals surface area contributed by atoms with E-state index in [4.69, 9.17) is 11.6 Å². The number of aromatic nitrogens is 2. The summed E-state index contributed by atoms with van der Waals surface area (Å²) in [5, 5.41) is 0.561. The predicted octanol–water partition coefficient (Wildman–Crippen LogP) is 8.70. The zero-order valence-corrected chi connectivity index (χ0v) is 19.0. The first-order valence-electron chi connectivity index (χ1n) is 10.6. The van der Waals surface area contributed by atoms with Crippen molar-refractivity contribution in [2.45, 2.75) is 53.4 Å². The van der Waals surface area contributed by atoms with Gasteiger partial charge in [0.1, 0.15) is 5.15 Å². The minimum absolute atomic E-state index is 0. The van der Waals surface area contributed by atoms with E-state index in [1.54, 1.807) is 0 Å². The van der Waals surface area contributed by atoms with Gasteiger partial charge >= 0.3 is 0 Å². The monoisotopic (exact) mass is 456 g/mol. The van der Waals surface area contributed by atoms with Crippen LogP contribution in [0.1, 0.15) is 64.8 Å². The molecule has 2 aromatic heterocycles. The van der Waals surface area contributed by atoms with Crippen molar-refractivity contribution in [2.24, 2.45) is 0 Å². The second kappa shape index (κ2) is 8.76. The Morgan fingerprint density at radius 1 is 0.576 bits per heavy atom. The van der Waals surface area contributed by atoms with Crippen molar-refractivity contribution >= 4 is 11.6 Å². The smallest absolute Gasteiger partial charge is 0.129 e. The molecule has 0 saturated carbocycles. The van der Waals surface area contributed by atoms with E-state index in [1.807, 2.05) is 24.4 Å². The molecule has 2 nitrogen and oxygen atoms in total. The summed E-state index contributed by atoms with van der Waals surface area (Å²) in [6.45, 7) is 8.99. The SMILES string of the molecule is C.C.CC1(C)c2ccccc2-c2nc(Cl)ccc21.CC1(C)c2ccccc2-c2ncccc21. The van der Waals surface area contributed by atoms with Gasteiger partial charge in [-0.05, 0) is 34.4 Å². The van der Waals surface area contributed by atoms with Gasteiger partial charge in [0, 0.05) is 28.2 Å². The molecular formula is C30H33ClN2. The van der Waals surface area contributed by atoms with Crippen LogP contribution in [0.3, 0.4) is 0 Å². The summed E-state index contributed by atoms with van der Waals surface area (Å²) in [7, 11) is 0. The minimum Gasteiger partial charge on any atom is -0.256 e. The third kappa shape index (κ3) is 3.77. The highest BCUT2D eigenvalue weighted by atomic mass is 35.5. The molecule has 4 aromatic rings. The Bertz CT molecular complexity index is 1260. The van der Waals surface area contributed by atoms with E-state index in [0.717, 1.165) is 11.4 Å². The van der Waals surface area contributed by atoms with Gasteiger partial charge < -0.3 is 0 Å². The van der Waals surface area contributed by atoms with Crippen molar-refractivity contribution < 1.29 is 0 Å². The molecule has 0 atom stereocenters. The zero-order valence-electron chi connectivity index (χ0n) is 18.3. The van der Waals surface area contributed by atoms with Gasteiger partial charge in [-0.15, -0.1) is 0 Å². The standard InChI is InChI=1S/C14H12ClN.C14H13N.2CH4/c1-14(2)10-6-4-3-5-9(10)13-11(14)7-8-12(15)16-13;1-14(2)11-7-4-3-6-10(11)13-12(14)8-5-9-15-13;;/h3-8H,1-2H3;3-9H,1-2H3;2*1H4. The molecule has 0 spiro atoms. The topological polar surface area (TPSA) is 25.8 Å². The summed E-state index contributed by atoms with van der Waals surface area (Å²) in [6, 6.07) is 25.1. The lowest BCUT2D eigenvalue weighted by Crippen LogP contribution is -2.14. The van der Waals surface area contributed by atoms with Gasteiger partial charge in [-0.2, -0.15) is 0 Å². The lowest BCUT2D eigenvalue weighted by Gasteiger charge is -2.20. The molecule has 3 heteroatoms. The van der Waals surface area contributed by atoms with Crippen LogP contribution in [0.2, 0.25) is 5.15 Å². The molecule has 0 unspecified atom stereocenters. The molecule has 0 saturated heterocycles. The summed E-state index contributed by atoms with van der Waals surface area (Å²) in [6.07, 6.45) is 1.87. The van der Waals surface area contributed by atoms with Crippen molar-refractivity contribution in [1.29, 1.82) is 0 Å². The fraction of sp³-hybridized carbons (Fsp3) is 0.267. The second-order valence-corrected chi connectivity index (χ2v) is 9.66. The first-order chi connectivity index (χ1) is 14.8. The molecule has 33 heavy (non-hydrogen) atoms. The Morgan fingerprint density at radius 3 is 1.67 bits per heavy atom. The maximum atomic E-state index is 5.97. The van der Waals surface area contributed by atoms with Gasteiger partial charge in [0.05, 0.1) is 11.4 Å². The fourth-order valence-corrected chi connectivity index (χ4v) is 5.18. The van der Waals surface area contributed by atoms with Crippen LogP contribution < -0.4 is 0 Å². The van der Waals surface area contributed by atoms with Gasteiger partial charge in [0.25, 0.3) is 0 Å². The Morgan fingerprint density at radius 2 is 1.06 bits per heavy atom. The quantitative estimate of drug-likeness (QED) is 0.247. The number of benzene rings is 2. The van der Waals surface area contributed by atoms with E-state index in [-0.39, 0.29) is 25.7 Å². The van der Waals surface area contributed by atoms with E-state index in [2.05, 4.69) is 92.3 Å². The molecule has 0 amide bonds. The van der Waals surface area contributed by atoms with Gasteiger partial charge in [-0.3, -0.25) is 4.98 Å². The number of rotatable bonds is 0. The molecule has 170 valence electrons. The number of hydrogen-bond acceptors (Lipinski definition) is 2. The molecule has 0 N–H and O–H groups in total. The number of pyridine rings is 2. The van der Waals surface area contributed by atoms with Crippen molar-refractivity contribution in [3.8, 4) is 22.5 Å². The maximum absolute atomic E-state index is 5.97. The highest BCUT2D eigenvalue weighted by Gasteiger charge is 2.36. The van der Waals surface area contributed by atoms with Crippen LogP contribution >= 0.6 is 11.6 Å². The predicted molar refractivity (Wildman–Crippen MR) is 142 cm³/mol. The summed E-state index contributed by atoms with van der Waals surface area (Å²) in [5.41, 5.74) is 10.1. The molecule has 2 heterocycles. The Balaban J connectivity index is 0.000000175. The maximum Gasteiger partial charge on any atom is 0.129 e. The van der Waals surface area contributed by atoms with Gasteiger partial charge in [-0.1, -0.05) is 115 Å². The van der Waals surface area contributed by atoms with E-state index >= 15 is 0 Å². The summed E-state index contributed by atoms with van der Waals surface area (Å²) in [5.74, 6) is 0. The Hall–Kier alpha value is -2.97. The average Bonchev–Trinajstić information content (AvgIpc) is 3.15. The number of fused-ring (bicyclic) bond motifs is 6. The minimum atomic E-state index is 0. The van der Waals surface area contributed by atoms with Crippen molar-refractivity contribution in [1.82, 2.24) is 9.97 Å². The molecule has 2 aliphatic carbocycles. The molecular weight excluding hydrogens is 424 g/mol. The lowest BCUT2D eigenvalue weighted by atomic mass is 9.83. The zero-order chi connectivity index (χ0) is 21.8. The number of hydrogen-bond donors (Lipinski definition) is 0. The van der Waals surface area contributed by atoms with Crippen LogP contribution in [0.4, 0.5) is 0 Å². The normalized spacial score (nSPS) is 14.8. The molecule has 6 rings (SSSR count). The van der Waals surface area contributed by atoms with Crippen molar-refractivity contribution in [3.05, 3.63) is 106 Å². The van der Waals surface area contributed by atoms with E-state index in [9.17, 15) is 0 Å². The van der Waals surface area contributed by atoms with E-state index < -0.39 is 0 Å². The second-order valence-electron chi connectivity index (χ2n) is 9.27.